The summed E-state index contributed by atoms with van der Waals surface area (Å²) in [5, 5.41) is 3.19. The highest BCUT2D eigenvalue weighted by molar-refractivity contribution is 5.82. The average molecular weight is 235 g/mol. The van der Waals surface area contributed by atoms with Crippen molar-refractivity contribution in [2.24, 2.45) is 0 Å². The van der Waals surface area contributed by atoms with Crippen LogP contribution >= 0.6 is 0 Å². The topological polar surface area (TPSA) is 38.3 Å². The van der Waals surface area contributed by atoms with Crippen molar-refractivity contribution in [1.82, 2.24) is 5.32 Å². The van der Waals surface area contributed by atoms with E-state index in [9.17, 15) is 4.79 Å². The summed E-state index contributed by atoms with van der Waals surface area (Å²) in [7, 11) is 1.63. The molecule has 0 bridgehead atoms. The third-order valence-corrected chi connectivity index (χ3v) is 2.35. The maximum absolute atomic E-state index is 11.8. The number of rotatable bonds is 5. The van der Waals surface area contributed by atoms with Crippen molar-refractivity contribution in [3.63, 3.8) is 0 Å². The summed E-state index contributed by atoms with van der Waals surface area (Å²) in [5.74, 6) is 0.979. The quantitative estimate of drug-likeness (QED) is 0.850. The summed E-state index contributed by atoms with van der Waals surface area (Å²) in [6, 6.07) is 7.62. The largest absolute Gasteiger partial charge is 0.497 e. The number of hydrogen-bond acceptors (Lipinski definition) is 3. The van der Waals surface area contributed by atoms with Crippen LogP contribution in [-0.2, 0) is 11.2 Å². The second kappa shape index (κ2) is 5.82. The third kappa shape index (κ3) is 5.50. The molecule has 17 heavy (non-hydrogen) atoms. The van der Waals surface area contributed by atoms with Crippen molar-refractivity contribution in [2.75, 3.05) is 13.7 Å². The van der Waals surface area contributed by atoms with E-state index in [-0.39, 0.29) is 11.3 Å². The summed E-state index contributed by atoms with van der Waals surface area (Å²) < 4.78 is 5.12. The molecule has 0 amide bonds. The Hall–Kier alpha value is -1.35. The van der Waals surface area contributed by atoms with Crippen LogP contribution in [0.3, 0.4) is 0 Å². The van der Waals surface area contributed by atoms with Gasteiger partial charge < -0.3 is 10.1 Å². The van der Waals surface area contributed by atoms with Gasteiger partial charge in [0.05, 0.1) is 13.7 Å². The second-order valence-corrected chi connectivity index (χ2v) is 5.17. The van der Waals surface area contributed by atoms with Crippen LogP contribution in [0.5, 0.6) is 5.75 Å². The van der Waals surface area contributed by atoms with E-state index in [0.717, 1.165) is 11.3 Å². The maximum atomic E-state index is 11.8. The molecule has 1 aromatic carbocycles. The van der Waals surface area contributed by atoms with Crippen LogP contribution in [0.25, 0.3) is 0 Å². The van der Waals surface area contributed by atoms with Crippen molar-refractivity contribution < 1.29 is 9.53 Å². The lowest BCUT2D eigenvalue weighted by molar-refractivity contribution is -0.117. The predicted octanol–water partition coefficient (Wildman–Crippen LogP) is 2.19. The van der Waals surface area contributed by atoms with Gasteiger partial charge >= 0.3 is 0 Å². The molecule has 0 unspecified atom stereocenters. The lowest BCUT2D eigenvalue weighted by Gasteiger charge is -2.19. The molecule has 0 aliphatic rings. The van der Waals surface area contributed by atoms with Gasteiger partial charge in [0.25, 0.3) is 0 Å². The average Bonchev–Trinajstić information content (AvgIpc) is 2.26. The molecule has 0 aliphatic heterocycles. The third-order valence-electron chi connectivity index (χ3n) is 2.35. The van der Waals surface area contributed by atoms with Crippen molar-refractivity contribution in [2.45, 2.75) is 32.7 Å². The molecule has 0 aromatic heterocycles. The first kappa shape index (κ1) is 13.7. The Kier molecular flexibility index (Phi) is 4.70. The normalized spacial score (nSPS) is 11.3. The van der Waals surface area contributed by atoms with Crippen LogP contribution in [0.1, 0.15) is 26.3 Å². The highest BCUT2D eigenvalue weighted by atomic mass is 16.5. The number of ketones is 1. The number of ether oxygens (including phenoxy) is 1. The lowest BCUT2D eigenvalue weighted by atomic mass is 10.1. The Morgan fingerprint density at radius 1 is 1.35 bits per heavy atom. The fraction of sp³-hybridized carbons (Fsp3) is 0.500. The van der Waals surface area contributed by atoms with Crippen LogP contribution in [0.15, 0.2) is 24.3 Å². The predicted molar refractivity (Wildman–Crippen MR) is 69.5 cm³/mol. The van der Waals surface area contributed by atoms with Gasteiger partial charge in [-0.05, 0) is 38.5 Å². The highest BCUT2D eigenvalue weighted by Gasteiger charge is 2.11. The Bertz CT molecular complexity index is 380. The molecule has 0 fully saturated rings. The Balaban J connectivity index is 2.50. The van der Waals surface area contributed by atoms with Gasteiger partial charge in [0, 0.05) is 12.0 Å². The van der Waals surface area contributed by atoms with E-state index < -0.39 is 0 Å². The molecule has 1 rings (SSSR count). The molecule has 0 saturated carbocycles. The van der Waals surface area contributed by atoms with Gasteiger partial charge in [0.1, 0.15) is 5.75 Å². The van der Waals surface area contributed by atoms with E-state index in [1.807, 2.05) is 45.0 Å². The summed E-state index contributed by atoms with van der Waals surface area (Å²) in [6.07, 6.45) is 0.445. The fourth-order valence-electron chi connectivity index (χ4n) is 1.44. The zero-order chi connectivity index (χ0) is 12.9. The first-order valence-electron chi connectivity index (χ1n) is 5.80. The van der Waals surface area contributed by atoms with E-state index >= 15 is 0 Å². The number of carbonyl (C=O) groups excluding carboxylic acids is 1. The summed E-state index contributed by atoms with van der Waals surface area (Å²) in [5.41, 5.74) is 0.967. The zero-order valence-corrected chi connectivity index (χ0v) is 11.0. The number of nitrogens with one attached hydrogen (secondary N) is 1. The number of methoxy groups -OCH3 is 1. The Morgan fingerprint density at radius 2 is 2.06 bits per heavy atom. The van der Waals surface area contributed by atoms with Gasteiger partial charge in [-0.25, -0.2) is 0 Å². The van der Waals surface area contributed by atoms with Gasteiger partial charge in [-0.3, -0.25) is 4.79 Å². The van der Waals surface area contributed by atoms with Crippen LogP contribution in [0.2, 0.25) is 0 Å². The molecular formula is C14H21NO2. The molecule has 94 valence electrons. The fourth-order valence-corrected chi connectivity index (χ4v) is 1.44. The summed E-state index contributed by atoms with van der Waals surface area (Å²) in [6.45, 7) is 6.55. The molecule has 3 nitrogen and oxygen atoms in total. The first-order valence-corrected chi connectivity index (χ1v) is 5.80. The van der Waals surface area contributed by atoms with Gasteiger partial charge in [-0.15, -0.1) is 0 Å². The molecule has 0 spiro atoms. The van der Waals surface area contributed by atoms with Crippen LogP contribution < -0.4 is 10.1 Å². The van der Waals surface area contributed by atoms with Crippen LogP contribution in [-0.4, -0.2) is 25.0 Å². The minimum absolute atomic E-state index is 0.0238. The minimum Gasteiger partial charge on any atom is -0.497 e. The molecule has 0 aliphatic carbocycles. The molecule has 0 radical (unpaired) electrons. The Morgan fingerprint density at radius 3 is 2.65 bits per heavy atom. The lowest BCUT2D eigenvalue weighted by Crippen LogP contribution is -2.39. The molecule has 0 saturated heterocycles. The van der Waals surface area contributed by atoms with Crippen LogP contribution in [0.4, 0.5) is 0 Å². The Labute approximate surface area is 103 Å². The van der Waals surface area contributed by atoms with Gasteiger partial charge in [-0.1, -0.05) is 12.1 Å². The monoisotopic (exact) mass is 235 g/mol. The molecular weight excluding hydrogens is 214 g/mol. The van der Waals surface area contributed by atoms with E-state index in [2.05, 4.69) is 5.32 Å². The van der Waals surface area contributed by atoms with E-state index in [0.29, 0.717) is 13.0 Å². The number of hydrogen-bond donors (Lipinski definition) is 1. The van der Waals surface area contributed by atoms with Gasteiger partial charge in [0.2, 0.25) is 0 Å². The van der Waals surface area contributed by atoms with Crippen molar-refractivity contribution in [3.8, 4) is 5.75 Å². The highest BCUT2D eigenvalue weighted by Crippen LogP contribution is 2.13. The molecule has 1 aromatic rings. The zero-order valence-electron chi connectivity index (χ0n) is 11.0. The molecule has 1 N–H and O–H groups in total. The van der Waals surface area contributed by atoms with Crippen molar-refractivity contribution >= 4 is 5.78 Å². The van der Waals surface area contributed by atoms with Gasteiger partial charge in [-0.2, -0.15) is 0 Å². The number of benzene rings is 1. The molecule has 3 heteroatoms. The van der Waals surface area contributed by atoms with E-state index in [4.69, 9.17) is 4.74 Å². The molecule has 0 atom stereocenters. The maximum Gasteiger partial charge on any atom is 0.150 e. The SMILES string of the molecule is COc1cccc(CC(=O)CNC(C)(C)C)c1. The standard InChI is InChI=1S/C14H21NO2/c1-14(2,3)15-10-12(16)8-11-6-5-7-13(9-11)17-4/h5-7,9,15H,8,10H2,1-4H3. The number of carbonyl (C=O) groups is 1. The van der Waals surface area contributed by atoms with E-state index in [1.54, 1.807) is 7.11 Å². The van der Waals surface area contributed by atoms with Crippen molar-refractivity contribution in [1.29, 1.82) is 0 Å². The molecule has 0 heterocycles. The van der Waals surface area contributed by atoms with Crippen LogP contribution in [0, 0.1) is 0 Å². The first-order chi connectivity index (χ1) is 7.90. The van der Waals surface area contributed by atoms with Crippen molar-refractivity contribution in [3.05, 3.63) is 29.8 Å². The summed E-state index contributed by atoms with van der Waals surface area (Å²) >= 11 is 0. The second-order valence-electron chi connectivity index (χ2n) is 5.17. The summed E-state index contributed by atoms with van der Waals surface area (Å²) in [4.78, 5) is 11.8. The minimum atomic E-state index is -0.0238. The number of Topliss-reactive ketones (excluding diaryl/α,β-unsaturated/α-hetero) is 1. The van der Waals surface area contributed by atoms with Gasteiger partial charge in [0.15, 0.2) is 5.78 Å². The van der Waals surface area contributed by atoms with E-state index in [1.165, 1.54) is 0 Å². The smallest absolute Gasteiger partial charge is 0.150 e.